The van der Waals surface area contributed by atoms with E-state index in [1.54, 1.807) is 54.8 Å². The first-order valence-corrected chi connectivity index (χ1v) is 8.88. The summed E-state index contributed by atoms with van der Waals surface area (Å²) >= 11 is 0. The van der Waals surface area contributed by atoms with Gasteiger partial charge in [-0.25, -0.2) is 4.79 Å². The van der Waals surface area contributed by atoms with Crippen LogP contribution in [0, 0.1) is 13.8 Å². The quantitative estimate of drug-likeness (QED) is 0.675. The van der Waals surface area contributed by atoms with Crippen molar-refractivity contribution < 1.29 is 19.4 Å². The average Bonchev–Trinajstić information content (AvgIpc) is 2.69. The van der Waals surface area contributed by atoms with Gasteiger partial charge in [-0.1, -0.05) is 18.2 Å². The van der Waals surface area contributed by atoms with Gasteiger partial charge in [0.1, 0.15) is 17.1 Å². The summed E-state index contributed by atoms with van der Waals surface area (Å²) in [4.78, 5) is 25.1. The summed E-state index contributed by atoms with van der Waals surface area (Å²) < 4.78 is 12.4. The zero-order chi connectivity index (χ0) is 20.3. The highest BCUT2D eigenvalue weighted by Gasteiger charge is 2.19. The van der Waals surface area contributed by atoms with Crippen molar-refractivity contribution in [1.29, 1.82) is 0 Å². The van der Waals surface area contributed by atoms with Gasteiger partial charge in [-0.2, -0.15) is 0 Å². The Balaban J connectivity index is 2.19. The maximum Gasteiger partial charge on any atom is 0.343 e. The van der Waals surface area contributed by atoms with Crippen LogP contribution in [0.25, 0.3) is 5.69 Å². The van der Waals surface area contributed by atoms with Crippen molar-refractivity contribution in [3.63, 3.8) is 0 Å². The normalized spacial score (nSPS) is 10.5. The fourth-order valence-electron chi connectivity index (χ4n) is 2.81. The third kappa shape index (κ3) is 3.76. The molecule has 0 unspecified atom stereocenters. The predicted octanol–water partition coefficient (Wildman–Crippen LogP) is 4.13. The van der Waals surface area contributed by atoms with Crippen molar-refractivity contribution in [3.05, 3.63) is 81.8 Å². The fourth-order valence-corrected chi connectivity index (χ4v) is 2.81. The topological polar surface area (TPSA) is 77.8 Å². The van der Waals surface area contributed by atoms with Crippen LogP contribution in [0.15, 0.2) is 59.7 Å². The van der Waals surface area contributed by atoms with E-state index in [0.29, 0.717) is 17.0 Å². The second-order valence-electron chi connectivity index (χ2n) is 6.26. The van der Waals surface area contributed by atoms with Gasteiger partial charge < -0.3 is 19.1 Å². The summed E-state index contributed by atoms with van der Waals surface area (Å²) in [5.41, 5.74) is 1.55. The Hall–Kier alpha value is -3.54. The Labute approximate surface area is 162 Å². The number of ether oxygens (including phenoxy) is 2. The molecular weight excluding hydrogens is 358 g/mol. The SMILES string of the molecule is CCOC(=O)c1cn(-c2ccc(O)c(C)c2C)cc(Oc2ccccc2)c1=O. The van der Waals surface area contributed by atoms with Gasteiger partial charge in [0.25, 0.3) is 0 Å². The number of hydrogen-bond donors (Lipinski definition) is 1. The molecule has 0 saturated carbocycles. The van der Waals surface area contributed by atoms with Gasteiger partial charge in [-0.15, -0.1) is 0 Å². The summed E-state index contributed by atoms with van der Waals surface area (Å²) in [7, 11) is 0. The van der Waals surface area contributed by atoms with Crippen LogP contribution in [-0.4, -0.2) is 22.2 Å². The van der Waals surface area contributed by atoms with Gasteiger partial charge in [0, 0.05) is 11.9 Å². The lowest BCUT2D eigenvalue weighted by Gasteiger charge is -2.16. The zero-order valence-electron chi connectivity index (χ0n) is 15.9. The van der Waals surface area contributed by atoms with Crippen LogP contribution in [0.4, 0.5) is 0 Å². The van der Waals surface area contributed by atoms with Crippen LogP contribution in [0.5, 0.6) is 17.2 Å². The lowest BCUT2D eigenvalue weighted by Crippen LogP contribution is -2.21. The summed E-state index contributed by atoms with van der Waals surface area (Å²) in [5, 5.41) is 9.92. The number of phenolic OH excluding ortho intramolecular Hbond substituents is 1. The van der Waals surface area contributed by atoms with Crippen LogP contribution < -0.4 is 10.2 Å². The van der Waals surface area contributed by atoms with Crippen LogP contribution in [0.3, 0.4) is 0 Å². The van der Waals surface area contributed by atoms with Crippen molar-refractivity contribution in [2.75, 3.05) is 6.61 Å². The van der Waals surface area contributed by atoms with E-state index < -0.39 is 11.4 Å². The number of nitrogens with zero attached hydrogens (tertiary/aromatic N) is 1. The molecule has 6 nitrogen and oxygen atoms in total. The van der Waals surface area contributed by atoms with Crippen LogP contribution in [-0.2, 0) is 4.74 Å². The standard InChI is InChI=1S/C22H21NO5/c1-4-27-22(26)17-12-23(18-10-11-19(24)15(3)14(18)2)13-20(21(17)25)28-16-8-6-5-7-9-16/h5-13,24H,4H2,1-3H3. The Kier molecular flexibility index (Phi) is 5.49. The molecule has 1 N–H and O–H groups in total. The number of hydrogen-bond acceptors (Lipinski definition) is 5. The molecule has 0 saturated heterocycles. The molecule has 1 heterocycles. The van der Waals surface area contributed by atoms with Crippen molar-refractivity contribution in [2.45, 2.75) is 20.8 Å². The van der Waals surface area contributed by atoms with Crippen molar-refractivity contribution in [3.8, 4) is 22.9 Å². The van der Waals surface area contributed by atoms with E-state index >= 15 is 0 Å². The van der Waals surface area contributed by atoms with E-state index in [1.807, 2.05) is 13.0 Å². The summed E-state index contributed by atoms with van der Waals surface area (Å²) in [6, 6.07) is 12.1. The monoisotopic (exact) mass is 379 g/mol. The van der Waals surface area contributed by atoms with E-state index in [9.17, 15) is 14.7 Å². The molecule has 0 spiro atoms. The second kappa shape index (κ2) is 8.00. The number of carbonyl (C=O) groups is 1. The minimum atomic E-state index is -0.715. The summed E-state index contributed by atoms with van der Waals surface area (Å²) in [6.45, 7) is 5.47. The number of esters is 1. The van der Waals surface area contributed by atoms with E-state index in [-0.39, 0.29) is 23.7 Å². The Bertz CT molecular complexity index is 1070. The molecule has 3 rings (SSSR count). The minimum absolute atomic E-state index is 0.00174. The molecule has 0 aliphatic rings. The average molecular weight is 379 g/mol. The molecule has 0 radical (unpaired) electrons. The van der Waals surface area contributed by atoms with E-state index in [4.69, 9.17) is 9.47 Å². The van der Waals surface area contributed by atoms with Gasteiger partial charge in [-0.3, -0.25) is 4.79 Å². The van der Waals surface area contributed by atoms with Crippen LogP contribution in [0.2, 0.25) is 0 Å². The zero-order valence-corrected chi connectivity index (χ0v) is 15.9. The van der Waals surface area contributed by atoms with E-state index in [2.05, 4.69) is 0 Å². The number of benzene rings is 2. The van der Waals surface area contributed by atoms with Crippen molar-refractivity contribution >= 4 is 5.97 Å². The molecule has 144 valence electrons. The Morgan fingerprint density at radius 3 is 2.43 bits per heavy atom. The molecule has 0 atom stereocenters. The first kappa shape index (κ1) is 19.2. The van der Waals surface area contributed by atoms with Gasteiger partial charge in [-0.05, 0) is 56.2 Å². The van der Waals surface area contributed by atoms with Crippen LogP contribution in [0.1, 0.15) is 28.4 Å². The first-order valence-electron chi connectivity index (χ1n) is 8.88. The number of aromatic nitrogens is 1. The summed E-state index contributed by atoms with van der Waals surface area (Å²) in [6.07, 6.45) is 2.95. The van der Waals surface area contributed by atoms with Gasteiger partial charge >= 0.3 is 5.97 Å². The highest BCUT2D eigenvalue weighted by Crippen LogP contribution is 2.27. The summed E-state index contributed by atoms with van der Waals surface area (Å²) in [5.74, 6) is -0.0609. The molecular formula is C22H21NO5. The number of para-hydroxylation sites is 1. The van der Waals surface area contributed by atoms with Gasteiger partial charge in [0.05, 0.1) is 12.8 Å². The number of phenols is 1. The van der Waals surface area contributed by atoms with Gasteiger partial charge in [0.15, 0.2) is 5.75 Å². The smallest absolute Gasteiger partial charge is 0.343 e. The highest BCUT2D eigenvalue weighted by atomic mass is 16.5. The van der Waals surface area contributed by atoms with Crippen molar-refractivity contribution in [2.24, 2.45) is 0 Å². The lowest BCUT2D eigenvalue weighted by molar-refractivity contribution is 0.0523. The largest absolute Gasteiger partial charge is 0.508 e. The third-order valence-corrected chi connectivity index (χ3v) is 4.47. The molecule has 2 aromatic carbocycles. The maximum atomic E-state index is 12.8. The lowest BCUT2D eigenvalue weighted by atomic mass is 10.1. The number of carbonyl (C=O) groups excluding carboxylic acids is 1. The number of pyridine rings is 1. The minimum Gasteiger partial charge on any atom is -0.508 e. The van der Waals surface area contributed by atoms with E-state index in [0.717, 1.165) is 5.56 Å². The Morgan fingerprint density at radius 1 is 1.04 bits per heavy atom. The third-order valence-electron chi connectivity index (χ3n) is 4.47. The fraction of sp³-hybridized carbons (Fsp3) is 0.182. The molecule has 0 aliphatic carbocycles. The highest BCUT2D eigenvalue weighted by molar-refractivity contribution is 5.89. The molecule has 28 heavy (non-hydrogen) atoms. The first-order chi connectivity index (χ1) is 13.4. The van der Waals surface area contributed by atoms with E-state index in [1.165, 1.54) is 12.4 Å². The van der Waals surface area contributed by atoms with Crippen LogP contribution >= 0.6 is 0 Å². The molecule has 6 heteroatoms. The number of aromatic hydroxyl groups is 1. The molecule has 3 aromatic rings. The molecule has 1 aromatic heterocycles. The molecule has 0 amide bonds. The molecule has 0 fully saturated rings. The van der Waals surface area contributed by atoms with Gasteiger partial charge in [0.2, 0.25) is 5.43 Å². The Morgan fingerprint density at radius 2 is 1.75 bits per heavy atom. The maximum absolute atomic E-state index is 12.8. The van der Waals surface area contributed by atoms with Crippen molar-refractivity contribution in [1.82, 2.24) is 4.57 Å². The predicted molar refractivity (Wildman–Crippen MR) is 106 cm³/mol. The number of rotatable bonds is 5. The molecule has 0 bridgehead atoms. The second-order valence-corrected chi connectivity index (χ2v) is 6.26. The molecule has 0 aliphatic heterocycles.